The lowest BCUT2D eigenvalue weighted by atomic mass is 9.96. The molecule has 1 atom stereocenters. The van der Waals surface area contributed by atoms with E-state index in [-0.39, 0.29) is 17.3 Å². The van der Waals surface area contributed by atoms with Crippen molar-refractivity contribution in [2.24, 2.45) is 0 Å². The van der Waals surface area contributed by atoms with E-state index in [9.17, 15) is 9.18 Å². The quantitative estimate of drug-likeness (QED) is 0.948. The van der Waals surface area contributed by atoms with Gasteiger partial charge in [-0.3, -0.25) is 9.69 Å². The van der Waals surface area contributed by atoms with Crippen molar-refractivity contribution >= 4 is 0 Å². The standard InChI is InChI=1S/C17H20FN3O/c1-12-9-16(22)20-17(19-12)14-3-2-8-21(11-14)10-13-4-6-15(18)7-5-13/h4-7,9,14H,2-3,8,10-11H2,1H3,(H,19,20,22)/t14-/m0/s1. The van der Waals surface area contributed by atoms with Gasteiger partial charge in [0.05, 0.1) is 0 Å². The second-order valence-electron chi connectivity index (χ2n) is 5.97. The second kappa shape index (κ2) is 6.40. The summed E-state index contributed by atoms with van der Waals surface area (Å²) in [7, 11) is 0. The Labute approximate surface area is 129 Å². The molecule has 1 N–H and O–H groups in total. The molecular weight excluding hydrogens is 281 g/mol. The number of aromatic amines is 1. The molecule has 3 rings (SSSR count). The Morgan fingerprint density at radius 3 is 2.86 bits per heavy atom. The molecule has 0 aliphatic carbocycles. The third kappa shape index (κ3) is 3.60. The van der Waals surface area contributed by atoms with Gasteiger partial charge in [0.15, 0.2) is 0 Å². The maximum atomic E-state index is 13.0. The Bertz CT molecular complexity index is 696. The molecule has 1 aromatic heterocycles. The molecule has 1 aliphatic rings. The van der Waals surface area contributed by atoms with Crippen LogP contribution in [-0.2, 0) is 6.54 Å². The van der Waals surface area contributed by atoms with Crippen LogP contribution in [0.15, 0.2) is 35.1 Å². The lowest BCUT2D eigenvalue weighted by Gasteiger charge is -2.32. The van der Waals surface area contributed by atoms with Gasteiger partial charge in [-0.2, -0.15) is 0 Å². The summed E-state index contributed by atoms with van der Waals surface area (Å²) in [6, 6.07) is 8.16. The Hall–Kier alpha value is -2.01. The molecule has 2 aromatic rings. The number of nitrogens with one attached hydrogen (secondary N) is 1. The number of rotatable bonds is 3. The first-order valence-electron chi connectivity index (χ1n) is 7.65. The Balaban J connectivity index is 1.71. The molecule has 1 saturated heterocycles. The molecule has 116 valence electrons. The molecule has 1 fully saturated rings. The van der Waals surface area contributed by atoms with E-state index >= 15 is 0 Å². The predicted molar refractivity (Wildman–Crippen MR) is 83.2 cm³/mol. The van der Waals surface area contributed by atoms with Gasteiger partial charge in [0.25, 0.3) is 5.56 Å². The average molecular weight is 301 g/mol. The number of aromatic nitrogens is 2. The summed E-state index contributed by atoms with van der Waals surface area (Å²) in [6.07, 6.45) is 2.11. The highest BCUT2D eigenvalue weighted by molar-refractivity contribution is 5.16. The molecular formula is C17H20FN3O. The Morgan fingerprint density at radius 2 is 2.14 bits per heavy atom. The molecule has 5 heteroatoms. The summed E-state index contributed by atoms with van der Waals surface area (Å²) < 4.78 is 13.0. The number of benzene rings is 1. The topological polar surface area (TPSA) is 49.0 Å². The van der Waals surface area contributed by atoms with Crippen LogP contribution in [0.25, 0.3) is 0 Å². The minimum absolute atomic E-state index is 0.0850. The minimum atomic E-state index is -0.207. The smallest absolute Gasteiger partial charge is 0.251 e. The fourth-order valence-electron chi connectivity index (χ4n) is 3.07. The third-order valence-corrected chi connectivity index (χ3v) is 4.10. The summed E-state index contributed by atoms with van der Waals surface area (Å²) in [5, 5.41) is 0. The fourth-order valence-corrected chi connectivity index (χ4v) is 3.07. The van der Waals surface area contributed by atoms with Gasteiger partial charge in [-0.25, -0.2) is 9.37 Å². The molecule has 0 bridgehead atoms. The van der Waals surface area contributed by atoms with Crippen molar-refractivity contribution in [2.45, 2.75) is 32.2 Å². The van der Waals surface area contributed by atoms with Crippen molar-refractivity contribution in [2.75, 3.05) is 13.1 Å². The Kier molecular flexibility index (Phi) is 4.34. The fraction of sp³-hybridized carbons (Fsp3) is 0.412. The van der Waals surface area contributed by atoms with Crippen LogP contribution in [0.3, 0.4) is 0 Å². The summed E-state index contributed by atoms with van der Waals surface area (Å²) in [4.78, 5) is 21.3. The van der Waals surface area contributed by atoms with Crippen molar-refractivity contribution in [3.05, 3.63) is 63.6 Å². The van der Waals surface area contributed by atoms with Crippen molar-refractivity contribution in [1.82, 2.24) is 14.9 Å². The number of halogens is 1. The van der Waals surface area contributed by atoms with Crippen LogP contribution in [0.4, 0.5) is 4.39 Å². The highest BCUT2D eigenvalue weighted by Crippen LogP contribution is 2.25. The number of H-pyrrole nitrogens is 1. The van der Waals surface area contributed by atoms with E-state index in [0.29, 0.717) is 0 Å². The predicted octanol–water partition coefficient (Wildman–Crippen LogP) is 2.60. The van der Waals surface area contributed by atoms with Crippen molar-refractivity contribution in [3.8, 4) is 0 Å². The number of hydrogen-bond acceptors (Lipinski definition) is 3. The van der Waals surface area contributed by atoms with Gasteiger partial charge in [-0.1, -0.05) is 12.1 Å². The Morgan fingerprint density at radius 1 is 1.36 bits per heavy atom. The minimum Gasteiger partial charge on any atom is -0.310 e. The zero-order valence-corrected chi connectivity index (χ0v) is 12.7. The molecule has 1 aromatic carbocycles. The van der Waals surface area contributed by atoms with Crippen LogP contribution < -0.4 is 5.56 Å². The van der Waals surface area contributed by atoms with Gasteiger partial charge in [-0.15, -0.1) is 0 Å². The zero-order chi connectivity index (χ0) is 15.5. The van der Waals surface area contributed by atoms with Crippen LogP contribution in [0.2, 0.25) is 0 Å². The number of likely N-dealkylation sites (tertiary alicyclic amines) is 1. The molecule has 22 heavy (non-hydrogen) atoms. The summed E-state index contributed by atoms with van der Waals surface area (Å²) in [5.41, 5.74) is 1.78. The average Bonchev–Trinajstić information content (AvgIpc) is 2.49. The van der Waals surface area contributed by atoms with E-state index in [4.69, 9.17) is 0 Å². The third-order valence-electron chi connectivity index (χ3n) is 4.10. The number of hydrogen-bond donors (Lipinski definition) is 1. The van der Waals surface area contributed by atoms with Gasteiger partial charge >= 0.3 is 0 Å². The molecule has 4 nitrogen and oxygen atoms in total. The maximum Gasteiger partial charge on any atom is 0.251 e. The highest BCUT2D eigenvalue weighted by Gasteiger charge is 2.23. The summed E-state index contributed by atoms with van der Waals surface area (Å²) >= 11 is 0. The summed E-state index contributed by atoms with van der Waals surface area (Å²) in [6.45, 7) is 4.53. The molecule has 0 spiro atoms. The summed E-state index contributed by atoms with van der Waals surface area (Å²) in [5.74, 6) is 0.831. The first-order chi connectivity index (χ1) is 10.6. The van der Waals surface area contributed by atoms with E-state index in [1.165, 1.54) is 18.2 Å². The van der Waals surface area contributed by atoms with Crippen LogP contribution in [-0.4, -0.2) is 28.0 Å². The molecule has 0 saturated carbocycles. The van der Waals surface area contributed by atoms with E-state index < -0.39 is 0 Å². The van der Waals surface area contributed by atoms with Gasteiger partial charge in [0, 0.05) is 30.8 Å². The molecule has 0 unspecified atom stereocenters. The monoisotopic (exact) mass is 301 g/mol. The molecule has 1 aliphatic heterocycles. The van der Waals surface area contributed by atoms with Crippen LogP contribution >= 0.6 is 0 Å². The maximum absolute atomic E-state index is 13.0. The first kappa shape index (κ1) is 14.9. The second-order valence-corrected chi connectivity index (χ2v) is 5.97. The lowest BCUT2D eigenvalue weighted by molar-refractivity contribution is 0.196. The normalized spacial score (nSPS) is 19.3. The number of nitrogens with zero attached hydrogens (tertiary/aromatic N) is 2. The van der Waals surface area contributed by atoms with Gasteiger partial charge < -0.3 is 4.98 Å². The van der Waals surface area contributed by atoms with Crippen LogP contribution in [0.5, 0.6) is 0 Å². The first-order valence-corrected chi connectivity index (χ1v) is 7.65. The van der Waals surface area contributed by atoms with Crippen molar-refractivity contribution in [3.63, 3.8) is 0 Å². The van der Waals surface area contributed by atoms with Gasteiger partial charge in [-0.05, 0) is 44.0 Å². The highest BCUT2D eigenvalue weighted by atomic mass is 19.1. The number of piperidine rings is 1. The van der Waals surface area contributed by atoms with E-state index in [0.717, 1.165) is 49.6 Å². The van der Waals surface area contributed by atoms with E-state index in [2.05, 4.69) is 14.9 Å². The molecule has 0 radical (unpaired) electrons. The molecule has 0 amide bonds. The zero-order valence-electron chi connectivity index (χ0n) is 12.7. The van der Waals surface area contributed by atoms with E-state index in [1.807, 2.05) is 19.1 Å². The van der Waals surface area contributed by atoms with Crippen LogP contribution in [0.1, 0.15) is 35.8 Å². The largest absolute Gasteiger partial charge is 0.310 e. The van der Waals surface area contributed by atoms with Gasteiger partial charge in [0.1, 0.15) is 11.6 Å². The number of aryl methyl sites for hydroxylation is 1. The van der Waals surface area contributed by atoms with E-state index in [1.54, 1.807) is 0 Å². The molecule has 2 heterocycles. The van der Waals surface area contributed by atoms with Crippen LogP contribution in [0, 0.1) is 12.7 Å². The SMILES string of the molecule is Cc1cc(=O)[nH]c([C@H]2CCCN(Cc3ccc(F)cc3)C2)n1. The van der Waals surface area contributed by atoms with Gasteiger partial charge in [0.2, 0.25) is 0 Å². The van der Waals surface area contributed by atoms with Crippen molar-refractivity contribution in [1.29, 1.82) is 0 Å². The lowest BCUT2D eigenvalue weighted by Crippen LogP contribution is -2.35. The van der Waals surface area contributed by atoms with Crippen molar-refractivity contribution < 1.29 is 4.39 Å².